The Hall–Kier alpha value is -2.14. The number of benzene rings is 1. The van der Waals surface area contributed by atoms with Gasteiger partial charge in [0.2, 0.25) is 0 Å². The highest BCUT2D eigenvalue weighted by Gasteiger charge is 2.30. The van der Waals surface area contributed by atoms with E-state index in [4.69, 9.17) is 4.74 Å². The molecule has 1 aromatic rings. The van der Waals surface area contributed by atoms with Crippen molar-refractivity contribution in [3.8, 4) is 0 Å². The summed E-state index contributed by atoms with van der Waals surface area (Å²) >= 11 is 0. The molecule has 0 saturated carbocycles. The predicted molar refractivity (Wildman–Crippen MR) is 86.7 cm³/mol. The smallest absolute Gasteiger partial charge is 0.282 e. The van der Waals surface area contributed by atoms with Gasteiger partial charge in [0.1, 0.15) is 0 Å². The maximum Gasteiger partial charge on any atom is 0.282 e. The van der Waals surface area contributed by atoms with Crippen LogP contribution in [0, 0.1) is 0 Å². The van der Waals surface area contributed by atoms with E-state index in [-0.39, 0.29) is 18.1 Å². The van der Waals surface area contributed by atoms with Gasteiger partial charge in [-0.05, 0) is 32.9 Å². The summed E-state index contributed by atoms with van der Waals surface area (Å²) in [5.41, 5.74) is 2.20. The summed E-state index contributed by atoms with van der Waals surface area (Å²) in [5, 5.41) is 5.87. The van der Waals surface area contributed by atoms with Crippen molar-refractivity contribution in [2.45, 2.75) is 33.0 Å². The number of hydrazone groups is 1. The third kappa shape index (κ3) is 2.90. The number of carbonyl (C=O) groups excluding carboxylic acids is 1. The van der Waals surface area contributed by atoms with Crippen LogP contribution in [0.4, 0.5) is 5.69 Å². The lowest BCUT2D eigenvalue weighted by atomic mass is 10.1. The third-order valence-corrected chi connectivity index (χ3v) is 3.82. The van der Waals surface area contributed by atoms with Crippen LogP contribution in [0.2, 0.25) is 0 Å². The fourth-order valence-electron chi connectivity index (χ4n) is 2.92. The average Bonchev–Trinajstić information content (AvgIpc) is 2.75. The number of hydrogen-bond donors (Lipinski definition) is 0. The van der Waals surface area contributed by atoms with Gasteiger partial charge in [0.25, 0.3) is 5.91 Å². The number of hydrogen-bond acceptors (Lipinski definition) is 4. The van der Waals surface area contributed by atoms with Gasteiger partial charge in [-0.25, -0.2) is 0 Å². The van der Waals surface area contributed by atoms with Crippen molar-refractivity contribution in [1.29, 1.82) is 0 Å². The number of anilines is 1. The lowest BCUT2D eigenvalue weighted by Gasteiger charge is -2.34. The molecule has 2 aliphatic heterocycles. The van der Waals surface area contributed by atoms with E-state index in [1.165, 1.54) is 5.01 Å². The van der Waals surface area contributed by atoms with Crippen LogP contribution in [0.5, 0.6) is 0 Å². The van der Waals surface area contributed by atoms with E-state index < -0.39 is 0 Å². The van der Waals surface area contributed by atoms with Crippen LogP contribution in [-0.2, 0) is 9.53 Å². The number of carbonyl (C=O) groups is 1. The van der Waals surface area contributed by atoms with Crippen molar-refractivity contribution in [3.05, 3.63) is 42.1 Å². The molecule has 1 saturated heterocycles. The van der Waals surface area contributed by atoms with Gasteiger partial charge >= 0.3 is 0 Å². The van der Waals surface area contributed by atoms with Crippen molar-refractivity contribution in [3.63, 3.8) is 0 Å². The van der Waals surface area contributed by atoms with Crippen LogP contribution in [0.1, 0.15) is 20.8 Å². The summed E-state index contributed by atoms with van der Waals surface area (Å²) in [7, 11) is 0. The topological polar surface area (TPSA) is 45.1 Å². The van der Waals surface area contributed by atoms with Gasteiger partial charge < -0.3 is 9.64 Å². The molecule has 3 rings (SSSR count). The number of para-hydroxylation sites is 1. The van der Waals surface area contributed by atoms with Crippen molar-refractivity contribution in [2.24, 2.45) is 5.10 Å². The first kappa shape index (κ1) is 14.8. The van der Waals surface area contributed by atoms with Gasteiger partial charge in [-0.15, -0.1) is 0 Å². The van der Waals surface area contributed by atoms with Gasteiger partial charge in [-0.1, -0.05) is 18.2 Å². The number of rotatable bonds is 2. The summed E-state index contributed by atoms with van der Waals surface area (Å²) < 4.78 is 5.73. The number of nitrogens with zero attached hydrogens (tertiary/aromatic N) is 3. The average molecular weight is 299 g/mol. The minimum absolute atomic E-state index is 0.0736. The zero-order valence-electron chi connectivity index (χ0n) is 13.2. The Bertz CT molecular complexity index is 614. The molecule has 1 aromatic carbocycles. The van der Waals surface area contributed by atoms with Gasteiger partial charge in [0.05, 0.1) is 29.2 Å². The van der Waals surface area contributed by atoms with Crippen LogP contribution >= 0.6 is 0 Å². The van der Waals surface area contributed by atoms with Gasteiger partial charge in [0.15, 0.2) is 0 Å². The first-order valence-electron chi connectivity index (χ1n) is 7.61. The second kappa shape index (κ2) is 5.93. The molecule has 0 aromatic heterocycles. The molecule has 1 fully saturated rings. The molecule has 5 nitrogen and oxygen atoms in total. The molecule has 22 heavy (non-hydrogen) atoms. The monoisotopic (exact) mass is 299 g/mol. The molecule has 0 N–H and O–H groups in total. The molecule has 2 heterocycles. The van der Waals surface area contributed by atoms with E-state index in [1.54, 1.807) is 0 Å². The molecule has 0 spiro atoms. The lowest BCUT2D eigenvalue weighted by molar-refractivity contribution is -0.114. The van der Waals surface area contributed by atoms with E-state index >= 15 is 0 Å². The highest BCUT2D eigenvalue weighted by molar-refractivity contribution is 6.29. The third-order valence-electron chi connectivity index (χ3n) is 3.82. The second-order valence-electron chi connectivity index (χ2n) is 5.89. The van der Waals surface area contributed by atoms with E-state index in [2.05, 4.69) is 23.8 Å². The Balaban J connectivity index is 1.82. The van der Waals surface area contributed by atoms with E-state index in [1.807, 2.05) is 43.5 Å². The Kier molecular flexibility index (Phi) is 3.98. The predicted octanol–water partition coefficient (Wildman–Crippen LogP) is 2.40. The van der Waals surface area contributed by atoms with Crippen LogP contribution in [0.15, 0.2) is 47.2 Å². The zero-order valence-corrected chi connectivity index (χ0v) is 13.2. The summed E-state index contributed by atoms with van der Waals surface area (Å²) in [6, 6.07) is 9.50. The second-order valence-corrected chi connectivity index (χ2v) is 5.89. The Labute approximate surface area is 130 Å². The van der Waals surface area contributed by atoms with Crippen molar-refractivity contribution in [2.75, 3.05) is 18.1 Å². The number of ether oxygens (including phenoxy) is 1. The van der Waals surface area contributed by atoms with Crippen LogP contribution in [0.3, 0.4) is 0 Å². The molecule has 0 bridgehead atoms. The molecule has 0 radical (unpaired) electrons. The highest BCUT2D eigenvalue weighted by atomic mass is 16.5. The van der Waals surface area contributed by atoms with E-state index in [0.29, 0.717) is 5.57 Å². The summed E-state index contributed by atoms with van der Waals surface area (Å²) in [6.45, 7) is 7.56. The van der Waals surface area contributed by atoms with E-state index in [0.717, 1.165) is 24.5 Å². The normalized spacial score (nSPS) is 27.5. The van der Waals surface area contributed by atoms with Crippen LogP contribution < -0.4 is 5.01 Å². The maximum absolute atomic E-state index is 12.6. The van der Waals surface area contributed by atoms with Gasteiger partial charge in [0, 0.05) is 19.3 Å². The molecular formula is C17H21N3O2. The fraction of sp³-hybridized carbons (Fsp3) is 0.412. The summed E-state index contributed by atoms with van der Waals surface area (Å²) in [6.07, 6.45) is 2.26. The van der Waals surface area contributed by atoms with Gasteiger partial charge in [-0.3, -0.25) is 4.79 Å². The number of morpholine rings is 1. The number of amides is 1. The molecule has 1 amide bonds. The molecule has 116 valence electrons. The highest BCUT2D eigenvalue weighted by Crippen LogP contribution is 2.24. The van der Waals surface area contributed by atoms with Crippen molar-refractivity contribution in [1.82, 2.24) is 4.90 Å². The molecular weight excluding hydrogens is 278 g/mol. The first-order chi connectivity index (χ1) is 10.5. The largest absolute Gasteiger partial charge is 0.372 e. The van der Waals surface area contributed by atoms with Crippen molar-refractivity contribution >= 4 is 17.3 Å². The molecule has 0 aliphatic carbocycles. The minimum atomic E-state index is -0.0736. The lowest BCUT2D eigenvalue weighted by Crippen LogP contribution is -2.43. The molecule has 5 heteroatoms. The van der Waals surface area contributed by atoms with Crippen molar-refractivity contribution < 1.29 is 9.53 Å². The van der Waals surface area contributed by atoms with Gasteiger partial charge in [-0.2, -0.15) is 10.1 Å². The Morgan fingerprint density at radius 3 is 2.45 bits per heavy atom. The standard InChI is InChI=1S/C17H21N3O2/c1-12-9-19(10-13(2)22-12)11-16-14(3)18-20(17(16)21)15-7-5-4-6-8-15/h4-8,11-13H,9-10H2,1-3H3/b16-11-/t12-,13+. The molecule has 2 atom stereocenters. The van der Waals surface area contributed by atoms with Crippen LogP contribution in [-0.4, -0.2) is 41.8 Å². The van der Waals surface area contributed by atoms with Crippen LogP contribution in [0.25, 0.3) is 0 Å². The quantitative estimate of drug-likeness (QED) is 0.788. The SMILES string of the molecule is CC1=NN(c2ccccc2)C(=O)/C1=C\N1C[C@@H](C)O[C@@H](C)C1. The Morgan fingerprint density at radius 2 is 1.82 bits per heavy atom. The first-order valence-corrected chi connectivity index (χ1v) is 7.61. The van der Waals surface area contributed by atoms with E-state index in [9.17, 15) is 4.79 Å². The zero-order chi connectivity index (χ0) is 15.7. The minimum Gasteiger partial charge on any atom is -0.372 e. The summed E-state index contributed by atoms with van der Waals surface area (Å²) in [5.74, 6) is -0.0736. The molecule has 0 unspecified atom stereocenters. The molecule has 2 aliphatic rings. The Morgan fingerprint density at radius 1 is 1.18 bits per heavy atom. The summed E-state index contributed by atoms with van der Waals surface area (Å²) in [4.78, 5) is 14.8. The fourth-order valence-corrected chi connectivity index (χ4v) is 2.92. The maximum atomic E-state index is 12.6.